The molecule has 20 heavy (non-hydrogen) atoms. The molecule has 2 heterocycles. The molecule has 114 valence electrons. The monoisotopic (exact) mass is 357 g/mol. The molecule has 0 spiro atoms. The third-order valence-corrected chi connectivity index (χ3v) is 8.66. The maximum absolute atomic E-state index is 12.6. The number of rotatable bonds is 4. The average molecular weight is 358 g/mol. The minimum atomic E-state index is -3.84. The predicted octanol–water partition coefficient (Wildman–Crippen LogP) is 0.349. The summed E-state index contributed by atoms with van der Waals surface area (Å²) in [6.45, 7) is -0.0550. The number of hydrogen-bond donors (Lipinski definition) is 1. The Morgan fingerprint density at radius 2 is 2.10 bits per heavy atom. The predicted molar refractivity (Wildman–Crippen MR) is 80.1 cm³/mol. The largest absolute Gasteiger partial charge is 0.391 e. The highest BCUT2D eigenvalue weighted by atomic mass is 32.2. The number of hydrogen-bond acceptors (Lipinski definition) is 7. The second-order valence-corrected chi connectivity index (χ2v) is 10.6. The van der Waals surface area contributed by atoms with E-state index < -0.39 is 25.2 Å². The Labute approximate surface area is 126 Å². The molecule has 0 saturated carbocycles. The van der Waals surface area contributed by atoms with Crippen molar-refractivity contribution in [2.24, 2.45) is 0 Å². The van der Waals surface area contributed by atoms with Gasteiger partial charge in [-0.1, -0.05) is 0 Å². The lowest BCUT2D eigenvalue weighted by atomic mass is 10.5. The summed E-state index contributed by atoms with van der Waals surface area (Å²) in [5.74, 6) is 0.817. The molecule has 1 fully saturated rings. The molecule has 1 N–H and O–H groups in total. The Balaban J connectivity index is 2.40. The van der Waals surface area contributed by atoms with Crippen LogP contribution in [-0.4, -0.2) is 55.9 Å². The van der Waals surface area contributed by atoms with Crippen molar-refractivity contribution in [1.82, 2.24) is 4.31 Å². The standard InChI is InChI=1S/C10H15NO5S4/c1-19(13,14)10-7-17-3-2-11(10)20(15,16)9-4-8(5-12)18-6-9/h4,6,10,12H,2-3,5,7H2,1H3. The first kappa shape index (κ1) is 16.2. The summed E-state index contributed by atoms with van der Waals surface area (Å²) in [4.78, 5) is 0.581. The highest BCUT2D eigenvalue weighted by Gasteiger charge is 2.39. The van der Waals surface area contributed by atoms with Crippen LogP contribution in [0.4, 0.5) is 0 Å². The van der Waals surface area contributed by atoms with E-state index in [-0.39, 0.29) is 23.8 Å². The number of aliphatic hydroxyl groups excluding tert-OH is 1. The molecule has 10 heteroatoms. The van der Waals surface area contributed by atoms with Gasteiger partial charge in [-0.15, -0.1) is 11.3 Å². The highest BCUT2D eigenvalue weighted by Crippen LogP contribution is 2.29. The highest BCUT2D eigenvalue weighted by molar-refractivity contribution is 8.01. The first-order valence-corrected chi connectivity index (χ1v) is 11.2. The van der Waals surface area contributed by atoms with Crippen molar-refractivity contribution in [3.8, 4) is 0 Å². The van der Waals surface area contributed by atoms with Crippen molar-refractivity contribution in [2.45, 2.75) is 16.9 Å². The van der Waals surface area contributed by atoms with E-state index in [1.165, 1.54) is 23.2 Å². The summed E-state index contributed by atoms with van der Waals surface area (Å²) in [5.41, 5.74) is 0. The third kappa shape index (κ3) is 3.20. The Morgan fingerprint density at radius 3 is 2.65 bits per heavy atom. The first-order valence-electron chi connectivity index (χ1n) is 5.73. The van der Waals surface area contributed by atoms with E-state index in [9.17, 15) is 16.8 Å². The van der Waals surface area contributed by atoms with Crippen LogP contribution in [0.1, 0.15) is 4.88 Å². The van der Waals surface area contributed by atoms with Crippen LogP contribution in [0.3, 0.4) is 0 Å². The van der Waals surface area contributed by atoms with Crippen LogP contribution in [-0.2, 0) is 26.5 Å². The molecule has 1 aliphatic rings. The fraction of sp³-hybridized carbons (Fsp3) is 0.600. The zero-order valence-corrected chi connectivity index (χ0v) is 14.0. The van der Waals surface area contributed by atoms with Crippen LogP contribution in [0.15, 0.2) is 16.3 Å². The quantitative estimate of drug-likeness (QED) is 0.836. The third-order valence-electron chi connectivity index (χ3n) is 2.92. The fourth-order valence-corrected chi connectivity index (χ4v) is 8.18. The number of sulfone groups is 1. The number of sulfonamides is 1. The molecule has 0 aromatic carbocycles. The molecule has 2 rings (SSSR count). The second kappa shape index (κ2) is 5.93. The lowest BCUT2D eigenvalue weighted by Crippen LogP contribution is -2.49. The number of nitrogens with zero attached hydrogens (tertiary/aromatic N) is 1. The van der Waals surface area contributed by atoms with Crippen molar-refractivity contribution in [3.05, 3.63) is 16.3 Å². The Bertz CT molecular complexity index is 678. The fourth-order valence-electron chi connectivity index (χ4n) is 1.89. The van der Waals surface area contributed by atoms with E-state index in [2.05, 4.69) is 0 Å². The van der Waals surface area contributed by atoms with Crippen LogP contribution in [0, 0.1) is 0 Å². The van der Waals surface area contributed by atoms with Gasteiger partial charge in [0.05, 0.1) is 11.5 Å². The Kier molecular flexibility index (Phi) is 4.82. The average Bonchev–Trinajstić information content (AvgIpc) is 2.87. The van der Waals surface area contributed by atoms with Gasteiger partial charge in [0.25, 0.3) is 0 Å². The van der Waals surface area contributed by atoms with E-state index in [1.807, 2.05) is 0 Å². The SMILES string of the molecule is CS(=O)(=O)C1CSCCN1S(=O)(=O)c1csc(CO)c1. The molecule has 6 nitrogen and oxygen atoms in total. The van der Waals surface area contributed by atoms with Crippen molar-refractivity contribution < 1.29 is 21.9 Å². The van der Waals surface area contributed by atoms with Gasteiger partial charge in [-0.25, -0.2) is 16.8 Å². The Morgan fingerprint density at radius 1 is 1.40 bits per heavy atom. The van der Waals surface area contributed by atoms with E-state index in [0.29, 0.717) is 10.6 Å². The van der Waals surface area contributed by atoms with Crippen LogP contribution in [0.2, 0.25) is 0 Å². The number of thioether (sulfide) groups is 1. The van der Waals surface area contributed by atoms with Crippen LogP contribution in [0.5, 0.6) is 0 Å². The molecule has 0 amide bonds. The molecule has 0 radical (unpaired) electrons. The molecule has 1 aromatic rings. The lowest BCUT2D eigenvalue weighted by Gasteiger charge is -2.32. The van der Waals surface area contributed by atoms with Gasteiger partial charge in [0, 0.05) is 34.6 Å². The lowest BCUT2D eigenvalue weighted by molar-refractivity contribution is 0.285. The molecule has 1 saturated heterocycles. The van der Waals surface area contributed by atoms with Crippen LogP contribution < -0.4 is 0 Å². The van der Waals surface area contributed by atoms with Crippen molar-refractivity contribution in [3.63, 3.8) is 0 Å². The molecule has 1 aromatic heterocycles. The summed E-state index contributed by atoms with van der Waals surface area (Å²) >= 11 is 2.57. The van der Waals surface area contributed by atoms with E-state index in [1.54, 1.807) is 0 Å². The van der Waals surface area contributed by atoms with E-state index >= 15 is 0 Å². The van der Waals surface area contributed by atoms with Gasteiger partial charge < -0.3 is 5.11 Å². The van der Waals surface area contributed by atoms with Gasteiger partial charge in [0.1, 0.15) is 5.37 Å². The van der Waals surface area contributed by atoms with Crippen molar-refractivity contribution in [1.29, 1.82) is 0 Å². The van der Waals surface area contributed by atoms with Crippen LogP contribution in [0.25, 0.3) is 0 Å². The summed E-state index contributed by atoms with van der Waals surface area (Å²) in [6.07, 6.45) is 1.05. The normalized spacial score (nSPS) is 22.0. The van der Waals surface area contributed by atoms with Crippen molar-refractivity contribution >= 4 is 43.0 Å². The van der Waals surface area contributed by atoms with Crippen LogP contribution >= 0.6 is 23.1 Å². The van der Waals surface area contributed by atoms with E-state index in [0.717, 1.165) is 21.9 Å². The molecule has 1 atom stereocenters. The van der Waals surface area contributed by atoms with Gasteiger partial charge >= 0.3 is 0 Å². The van der Waals surface area contributed by atoms with Gasteiger partial charge in [-0.3, -0.25) is 0 Å². The summed E-state index contributed by atoms with van der Waals surface area (Å²) in [7, 11) is -7.33. The summed E-state index contributed by atoms with van der Waals surface area (Å²) in [5, 5.41) is 9.42. The van der Waals surface area contributed by atoms with Gasteiger partial charge in [-0.2, -0.15) is 16.1 Å². The molecular formula is C10H15NO5S4. The molecule has 1 unspecified atom stereocenters. The molecule has 0 aliphatic carbocycles. The maximum Gasteiger partial charge on any atom is 0.245 e. The molecule has 1 aliphatic heterocycles. The smallest absolute Gasteiger partial charge is 0.245 e. The number of aliphatic hydroxyl groups is 1. The minimum absolute atomic E-state index is 0.0482. The summed E-state index contributed by atoms with van der Waals surface area (Å²) in [6, 6.07) is 1.39. The van der Waals surface area contributed by atoms with Crippen molar-refractivity contribution in [2.75, 3.05) is 24.3 Å². The van der Waals surface area contributed by atoms with Gasteiger partial charge in [0.15, 0.2) is 9.84 Å². The minimum Gasteiger partial charge on any atom is -0.391 e. The second-order valence-electron chi connectivity index (χ2n) is 4.38. The Hall–Kier alpha value is -0.130. The topological polar surface area (TPSA) is 91.8 Å². The first-order chi connectivity index (χ1) is 9.26. The summed E-state index contributed by atoms with van der Waals surface area (Å²) < 4.78 is 49.7. The zero-order chi connectivity index (χ0) is 15.0. The molecular weight excluding hydrogens is 342 g/mol. The number of thiophene rings is 1. The zero-order valence-electron chi connectivity index (χ0n) is 10.7. The maximum atomic E-state index is 12.6. The van der Waals surface area contributed by atoms with Gasteiger partial charge in [0.2, 0.25) is 10.0 Å². The van der Waals surface area contributed by atoms with Gasteiger partial charge in [-0.05, 0) is 6.07 Å². The van der Waals surface area contributed by atoms with E-state index in [4.69, 9.17) is 5.11 Å². The molecule has 0 bridgehead atoms.